The molecule has 2 rings (SSSR count). The van der Waals surface area contributed by atoms with Gasteiger partial charge in [-0.05, 0) is 48.2 Å². The fraction of sp³-hybridized carbons (Fsp3) is 0.538. The Balaban J connectivity index is 2.16. The summed E-state index contributed by atoms with van der Waals surface area (Å²) in [4.78, 5) is 25.5. The Morgan fingerprint density at radius 1 is 1.50 bits per heavy atom. The fourth-order valence-electron chi connectivity index (χ4n) is 2.41. The molecule has 5 heteroatoms. The first kappa shape index (κ1) is 13.3. The van der Waals surface area contributed by atoms with Gasteiger partial charge in [0.2, 0.25) is 0 Å². The van der Waals surface area contributed by atoms with Crippen LogP contribution in [0, 0.1) is 0 Å². The Morgan fingerprint density at radius 3 is 2.89 bits per heavy atom. The molecule has 0 spiro atoms. The zero-order chi connectivity index (χ0) is 13.1. The van der Waals surface area contributed by atoms with E-state index in [-0.39, 0.29) is 17.7 Å². The first-order chi connectivity index (χ1) is 8.59. The lowest BCUT2D eigenvalue weighted by molar-refractivity contribution is -0.118. The van der Waals surface area contributed by atoms with E-state index in [1.165, 1.54) is 6.26 Å². The van der Waals surface area contributed by atoms with Gasteiger partial charge in [-0.2, -0.15) is 0 Å². The third kappa shape index (κ3) is 2.83. The molecular weight excluding hydrogens is 298 g/mol. The number of Topliss-reactive ketones (excluding diaryl/α,β-unsaturated/α-hetero) is 1. The molecule has 1 atom stereocenters. The lowest BCUT2D eigenvalue weighted by Gasteiger charge is -2.35. The van der Waals surface area contributed by atoms with E-state index in [9.17, 15) is 9.59 Å². The van der Waals surface area contributed by atoms with Crippen LogP contribution in [-0.4, -0.2) is 29.2 Å². The van der Waals surface area contributed by atoms with Gasteiger partial charge in [-0.1, -0.05) is 0 Å². The maximum absolute atomic E-state index is 12.4. The van der Waals surface area contributed by atoms with Crippen LogP contribution in [-0.2, 0) is 4.79 Å². The van der Waals surface area contributed by atoms with Gasteiger partial charge in [-0.3, -0.25) is 9.59 Å². The highest BCUT2D eigenvalue weighted by Gasteiger charge is 2.29. The quantitative estimate of drug-likeness (QED) is 0.862. The van der Waals surface area contributed by atoms with Crippen LogP contribution in [0.3, 0.4) is 0 Å². The maximum atomic E-state index is 12.4. The van der Waals surface area contributed by atoms with E-state index >= 15 is 0 Å². The minimum absolute atomic E-state index is 0.0329. The summed E-state index contributed by atoms with van der Waals surface area (Å²) in [5.74, 6) is 0.0764. The average Bonchev–Trinajstić information content (AvgIpc) is 2.74. The Labute approximate surface area is 114 Å². The summed E-state index contributed by atoms with van der Waals surface area (Å²) in [6, 6.07) is 1.69. The zero-order valence-corrected chi connectivity index (χ0v) is 11.9. The third-order valence-electron chi connectivity index (χ3n) is 3.26. The van der Waals surface area contributed by atoms with E-state index in [0.29, 0.717) is 23.2 Å². The van der Waals surface area contributed by atoms with Crippen molar-refractivity contribution in [1.29, 1.82) is 0 Å². The van der Waals surface area contributed by atoms with Crippen LogP contribution < -0.4 is 0 Å². The topological polar surface area (TPSA) is 50.5 Å². The highest BCUT2D eigenvalue weighted by atomic mass is 79.9. The van der Waals surface area contributed by atoms with Crippen LogP contribution in [0.2, 0.25) is 0 Å². The molecule has 18 heavy (non-hydrogen) atoms. The molecule has 0 radical (unpaired) electrons. The van der Waals surface area contributed by atoms with Crippen molar-refractivity contribution in [2.45, 2.75) is 38.6 Å². The van der Waals surface area contributed by atoms with Crippen molar-refractivity contribution in [3.05, 3.63) is 22.6 Å². The number of nitrogens with zero attached hydrogens (tertiary/aromatic N) is 1. The fourth-order valence-corrected chi connectivity index (χ4v) is 2.82. The van der Waals surface area contributed by atoms with Crippen LogP contribution in [0.5, 0.6) is 0 Å². The standard InChI is InChI=1S/C13H16BrNO3/c1-9(16)8-10-4-2-3-6-15(10)13(17)11-5-7-18-12(11)14/h5,7,10H,2-4,6,8H2,1H3. The highest BCUT2D eigenvalue weighted by Crippen LogP contribution is 2.25. The molecule has 0 saturated carbocycles. The molecule has 1 unspecified atom stereocenters. The Morgan fingerprint density at radius 2 is 2.28 bits per heavy atom. The van der Waals surface area contributed by atoms with Crippen LogP contribution in [0.4, 0.5) is 0 Å². The number of likely N-dealkylation sites (tertiary alicyclic amines) is 1. The van der Waals surface area contributed by atoms with Gasteiger partial charge in [-0.15, -0.1) is 0 Å². The molecule has 4 nitrogen and oxygen atoms in total. The highest BCUT2D eigenvalue weighted by molar-refractivity contribution is 9.10. The summed E-state index contributed by atoms with van der Waals surface area (Å²) < 4.78 is 5.55. The van der Waals surface area contributed by atoms with E-state index in [4.69, 9.17) is 4.42 Å². The molecule has 98 valence electrons. The smallest absolute Gasteiger partial charge is 0.258 e. The first-order valence-electron chi connectivity index (χ1n) is 6.13. The maximum Gasteiger partial charge on any atom is 0.258 e. The molecule has 1 aromatic rings. The summed E-state index contributed by atoms with van der Waals surface area (Å²) in [6.07, 6.45) is 4.91. The third-order valence-corrected chi connectivity index (χ3v) is 3.87. The van der Waals surface area contributed by atoms with Crippen LogP contribution in [0.25, 0.3) is 0 Å². The molecule has 1 fully saturated rings. The zero-order valence-electron chi connectivity index (χ0n) is 10.3. The monoisotopic (exact) mass is 313 g/mol. The molecule has 0 aliphatic carbocycles. The van der Waals surface area contributed by atoms with Gasteiger partial charge in [0.1, 0.15) is 5.78 Å². The molecule has 0 N–H and O–H groups in total. The normalized spacial score (nSPS) is 19.9. The lowest BCUT2D eigenvalue weighted by Crippen LogP contribution is -2.44. The van der Waals surface area contributed by atoms with Crippen molar-refractivity contribution in [3.63, 3.8) is 0 Å². The van der Waals surface area contributed by atoms with E-state index in [0.717, 1.165) is 19.3 Å². The van der Waals surface area contributed by atoms with Gasteiger partial charge >= 0.3 is 0 Å². The van der Waals surface area contributed by atoms with Gasteiger partial charge in [0.25, 0.3) is 5.91 Å². The molecular formula is C13H16BrNO3. The van der Waals surface area contributed by atoms with E-state index < -0.39 is 0 Å². The number of amides is 1. The van der Waals surface area contributed by atoms with Crippen LogP contribution >= 0.6 is 15.9 Å². The van der Waals surface area contributed by atoms with Crippen LogP contribution in [0.15, 0.2) is 21.4 Å². The minimum atomic E-state index is -0.0541. The SMILES string of the molecule is CC(=O)CC1CCCCN1C(=O)c1ccoc1Br. The van der Waals surface area contributed by atoms with Crippen LogP contribution in [0.1, 0.15) is 43.0 Å². The van der Waals surface area contributed by atoms with Crippen molar-refractivity contribution in [1.82, 2.24) is 4.90 Å². The number of carbonyl (C=O) groups excluding carboxylic acids is 2. The molecule has 0 bridgehead atoms. The van der Waals surface area contributed by atoms with Gasteiger partial charge < -0.3 is 9.32 Å². The molecule has 1 saturated heterocycles. The second-order valence-corrected chi connectivity index (χ2v) is 5.38. The Bertz CT molecular complexity index is 455. The van der Waals surface area contributed by atoms with E-state index in [1.807, 2.05) is 0 Å². The van der Waals surface area contributed by atoms with Crippen molar-refractivity contribution < 1.29 is 14.0 Å². The number of furan rings is 1. The molecule has 1 aliphatic rings. The molecule has 1 aliphatic heterocycles. The number of rotatable bonds is 3. The van der Waals surface area contributed by atoms with Crippen molar-refractivity contribution in [3.8, 4) is 0 Å². The largest absolute Gasteiger partial charge is 0.457 e. The summed E-state index contributed by atoms with van der Waals surface area (Å²) in [7, 11) is 0. The predicted molar refractivity (Wildman–Crippen MR) is 70.4 cm³/mol. The first-order valence-corrected chi connectivity index (χ1v) is 6.92. The number of hydrogen-bond donors (Lipinski definition) is 0. The number of hydrogen-bond acceptors (Lipinski definition) is 3. The van der Waals surface area contributed by atoms with Gasteiger partial charge in [-0.25, -0.2) is 0 Å². The second kappa shape index (κ2) is 5.69. The minimum Gasteiger partial charge on any atom is -0.457 e. The number of carbonyl (C=O) groups is 2. The molecule has 2 heterocycles. The summed E-state index contributed by atoms with van der Waals surface area (Å²) in [6.45, 7) is 2.29. The van der Waals surface area contributed by atoms with E-state index in [2.05, 4.69) is 15.9 Å². The number of halogens is 1. The molecule has 1 amide bonds. The number of piperidine rings is 1. The molecule has 1 aromatic heterocycles. The Hall–Kier alpha value is -1.10. The summed E-state index contributed by atoms with van der Waals surface area (Å²) in [5, 5.41) is 0. The average molecular weight is 314 g/mol. The van der Waals surface area contributed by atoms with Gasteiger partial charge in [0.05, 0.1) is 11.8 Å². The second-order valence-electron chi connectivity index (χ2n) is 4.66. The van der Waals surface area contributed by atoms with E-state index in [1.54, 1.807) is 17.9 Å². The van der Waals surface area contributed by atoms with Gasteiger partial charge in [0, 0.05) is 19.0 Å². The lowest BCUT2D eigenvalue weighted by atomic mass is 9.97. The van der Waals surface area contributed by atoms with Gasteiger partial charge in [0.15, 0.2) is 4.67 Å². The molecule has 0 aromatic carbocycles. The van der Waals surface area contributed by atoms with Crippen molar-refractivity contribution >= 4 is 27.6 Å². The summed E-state index contributed by atoms with van der Waals surface area (Å²) in [5.41, 5.74) is 0.533. The number of ketones is 1. The Kier molecular flexibility index (Phi) is 4.22. The summed E-state index contributed by atoms with van der Waals surface area (Å²) >= 11 is 3.22. The van der Waals surface area contributed by atoms with Crippen molar-refractivity contribution in [2.75, 3.05) is 6.54 Å². The predicted octanol–water partition coefficient (Wildman–Crippen LogP) is 3.02. The van der Waals surface area contributed by atoms with Crippen molar-refractivity contribution in [2.24, 2.45) is 0 Å².